The number of nitriles is 1. The second-order valence-electron chi connectivity index (χ2n) is 9.55. The Bertz CT molecular complexity index is 1510. The molecule has 1 aliphatic heterocycles. The smallest absolute Gasteiger partial charge is 0.332 e. The van der Waals surface area contributed by atoms with Crippen LogP contribution >= 0.6 is 0 Å². The van der Waals surface area contributed by atoms with Crippen LogP contribution in [0, 0.1) is 18.3 Å². The van der Waals surface area contributed by atoms with Gasteiger partial charge >= 0.3 is 12.1 Å². The zero-order valence-corrected chi connectivity index (χ0v) is 21.0. The van der Waals surface area contributed by atoms with Gasteiger partial charge in [-0.05, 0) is 49.2 Å². The van der Waals surface area contributed by atoms with E-state index in [9.17, 15) is 18.0 Å². The maximum absolute atomic E-state index is 12.9. The van der Waals surface area contributed by atoms with Gasteiger partial charge in [-0.2, -0.15) is 18.4 Å². The van der Waals surface area contributed by atoms with Crippen LogP contribution in [0.15, 0.2) is 66.9 Å². The largest absolute Gasteiger partial charge is 0.471 e. The number of aromatic nitrogens is 2. The standard InChI is InChI=1S/C29H26F3N5O/c1-19-3-7-23(8-4-19)26-27(20(2)35-13-15-36(16-14-35)28(38)29(30,31)32)37-18-24(11-12-25(37)34-26)22-9-5-21(17-33)6-10-22/h3-12,18,20H,13-16H2,1-2H3. The number of hydrogen-bond donors (Lipinski definition) is 0. The first-order chi connectivity index (χ1) is 18.2. The molecular formula is C29H26F3N5O. The van der Waals surface area contributed by atoms with Crippen LogP contribution < -0.4 is 0 Å². The van der Waals surface area contributed by atoms with Crippen LogP contribution in [-0.4, -0.2) is 57.4 Å². The monoisotopic (exact) mass is 517 g/mol. The highest BCUT2D eigenvalue weighted by molar-refractivity contribution is 5.82. The third-order valence-corrected chi connectivity index (χ3v) is 7.12. The van der Waals surface area contributed by atoms with Gasteiger partial charge in [0, 0.05) is 44.0 Å². The molecule has 0 N–H and O–H groups in total. The van der Waals surface area contributed by atoms with Gasteiger partial charge in [0.25, 0.3) is 0 Å². The first kappa shape index (κ1) is 25.5. The first-order valence-corrected chi connectivity index (χ1v) is 12.4. The summed E-state index contributed by atoms with van der Waals surface area (Å²) in [5.41, 5.74) is 7.05. The predicted octanol–water partition coefficient (Wildman–Crippen LogP) is 5.62. The average molecular weight is 518 g/mol. The molecule has 1 saturated heterocycles. The number of carbonyl (C=O) groups is 1. The lowest BCUT2D eigenvalue weighted by atomic mass is 10.0. The summed E-state index contributed by atoms with van der Waals surface area (Å²) >= 11 is 0. The Morgan fingerprint density at radius 2 is 1.53 bits per heavy atom. The van der Waals surface area contributed by atoms with E-state index in [1.54, 1.807) is 12.1 Å². The van der Waals surface area contributed by atoms with Crippen molar-refractivity contribution in [2.24, 2.45) is 0 Å². The van der Waals surface area contributed by atoms with Crippen molar-refractivity contribution in [1.82, 2.24) is 19.2 Å². The van der Waals surface area contributed by atoms with Crippen molar-refractivity contribution < 1.29 is 18.0 Å². The number of fused-ring (bicyclic) bond motifs is 1. The van der Waals surface area contributed by atoms with Crippen LogP contribution in [0.3, 0.4) is 0 Å². The summed E-state index contributed by atoms with van der Waals surface area (Å²) in [7, 11) is 0. The molecule has 0 aliphatic carbocycles. The van der Waals surface area contributed by atoms with Gasteiger partial charge in [0.15, 0.2) is 0 Å². The van der Waals surface area contributed by atoms with Crippen LogP contribution in [0.25, 0.3) is 28.0 Å². The fraction of sp³-hybridized carbons (Fsp3) is 0.276. The molecule has 9 heteroatoms. The van der Waals surface area contributed by atoms with Crippen LogP contribution in [0.4, 0.5) is 13.2 Å². The molecule has 0 bridgehead atoms. The topological polar surface area (TPSA) is 64.6 Å². The quantitative estimate of drug-likeness (QED) is 0.353. The Morgan fingerprint density at radius 3 is 2.13 bits per heavy atom. The van der Waals surface area contributed by atoms with Crippen LogP contribution in [-0.2, 0) is 4.79 Å². The Kier molecular flexibility index (Phi) is 6.67. The molecule has 1 unspecified atom stereocenters. The van der Waals surface area contributed by atoms with E-state index >= 15 is 0 Å². The van der Waals surface area contributed by atoms with Gasteiger partial charge < -0.3 is 9.30 Å². The van der Waals surface area contributed by atoms with Crippen molar-refractivity contribution in [1.29, 1.82) is 5.26 Å². The van der Waals surface area contributed by atoms with Crippen LogP contribution in [0.5, 0.6) is 0 Å². The zero-order valence-electron chi connectivity index (χ0n) is 21.0. The maximum atomic E-state index is 12.9. The zero-order chi connectivity index (χ0) is 27.0. The molecule has 0 spiro atoms. The number of piperazine rings is 1. The molecule has 2 aromatic carbocycles. The molecule has 5 rings (SSSR count). The Morgan fingerprint density at radius 1 is 0.921 bits per heavy atom. The summed E-state index contributed by atoms with van der Waals surface area (Å²) in [6.45, 7) is 4.70. The van der Waals surface area contributed by atoms with Gasteiger partial charge in [-0.3, -0.25) is 9.69 Å². The van der Waals surface area contributed by atoms with Gasteiger partial charge in [-0.1, -0.05) is 42.0 Å². The van der Waals surface area contributed by atoms with Crippen molar-refractivity contribution in [3.05, 3.63) is 83.7 Å². The van der Waals surface area contributed by atoms with Crippen molar-refractivity contribution in [3.8, 4) is 28.5 Å². The van der Waals surface area contributed by atoms with Gasteiger partial charge in [-0.15, -0.1) is 0 Å². The maximum Gasteiger partial charge on any atom is 0.471 e. The third-order valence-electron chi connectivity index (χ3n) is 7.12. The fourth-order valence-electron chi connectivity index (χ4n) is 4.96. The predicted molar refractivity (Wildman–Crippen MR) is 138 cm³/mol. The highest BCUT2D eigenvalue weighted by Crippen LogP contribution is 2.34. The summed E-state index contributed by atoms with van der Waals surface area (Å²) in [4.78, 5) is 19.6. The van der Waals surface area contributed by atoms with Crippen molar-refractivity contribution >= 4 is 11.6 Å². The fourth-order valence-corrected chi connectivity index (χ4v) is 4.96. The number of halogens is 3. The Balaban J connectivity index is 1.54. The van der Waals surface area contributed by atoms with Crippen LogP contribution in [0.1, 0.15) is 29.8 Å². The summed E-state index contributed by atoms with van der Waals surface area (Å²) in [6, 6.07) is 21.3. The average Bonchev–Trinajstić information content (AvgIpc) is 3.31. The minimum absolute atomic E-state index is 0.00970. The molecule has 1 fully saturated rings. The number of benzene rings is 2. The molecular weight excluding hydrogens is 491 g/mol. The van der Waals surface area contributed by atoms with Crippen molar-refractivity contribution in [2.45, 2.75) is 26.1 Å². The molecule has 2 aromatic heterocycles. The third kappa shape index (κ3) is 4.87. The minimum atomic E-state index is -4.87. The van der Waals surface area contributed by atoms with Gasteiger partial charge in [0.1, 0.15) is 5.65 Å². The summed E-state index contributed by atoms with van der Waals surface area (Å²) < 4.78 is 40.9. The van der Waals surface area contributed by atoms with E-state index in [-0.39, 0.29) is 19.1 Å². The number of nitrogens with zero attached hydrogens (tertiary/aromatic N) is 5. The molecule has 38 heavy (non-hydrogen) atoms. The van der Waals surface area contributed by atoms with E-state index in [2.05, 4.69) is 11.0 Å². The molecule has 0 saturated carbocycles. The SMILES string of the molecule is Cc1ccc(-c2nc3ccc(-c4ccc(C#N)cc4)cn3c2C(C)N2CCN(C(=O)C(F)(F)F)CC2)cc1. The Labute approximate surface area is 218 Å². The van der Waals surface area contributed by atoms with E-state index < -0.39 is 12.1 Å². The van der Waals surface area contributed by atoms with Crippen molar-refractivity contribution in [2.75, 3.05) is 26.2 Å². The van der Waals surface area contributed by atoms with Crippen LogP contribution in [0.2, 0.25) is 0 Å². The summed E-state index contributed by atoms with van der Waals surface area (Å²) in [5.74, 6) is -1.79. The molecule has 1 atom stereocenters. The van der Waals surface area contributed by atoms with E-state index in [1.807, 2.05) is 73.0 Å². The number of hydrogen-bond acceptors (Lipinski definition) is 4. The van der Waals surface area contributed by atoms with Gasteiger partial charge in [0.05, 0.1) is 23.0 Å². The van der Waals surface area contributed by atoms with Gasteiger partial charge in [0.2, 0.25) is 0 Å². The Hall–Kier alpha value is -4.16. The molecule has 4 aromatic rings. The van der Waals surface area contributed by atoms with E-state index in [1.165, 1.54) is 0 Å². The summed E-state index contributed by atoms with van der Waals surface area (Å²) in [5, 5.41) is 9.13. The van der Waals surface area contributed by atoms with Crippen molar-refractivity contribution in [3.63, 3.8) is 0 Å². The number of carbonyl (C=O) groups excluding carboxylic acids is 1. The second-order valence-corrected chi connectivity index (χ2v) is 9.55. The van der Waals surface area contributed by atoms with E-state index in [0.717, 1.165) is 44.2 Å². The molecule has 6 nitrogen and oxygen atoms in total. The van der Waals surface area contributed by atoms with Gasteiger partial charge in [-0.25, -0.2) is 4.98 Å². The molecule has 0 radical (unpaired) electrons. The number of imidazole rings is 1. The number of aryl methyl sites for hydroxylation is 1. The highest BCUT2D eigenvalue weighted by Gasteiger charge is 2.43. The summed E-state index contributed by atoms with van der Waals surface area (Å²) in [6.07, 6.45) is -2.85. The molecule has 1 amide bonds. The van der Waals surface area contributed by atoms with E-state index in [4.69, 9.17) is 10.2 Å². The number of pyridine rings is 1. The number of rotatable bonds is 4. The second kappa shape index (κ2) is 9.95. The first-order valence-electron chi connectivity index (χ1n) is 12.4. The minimum Gasteiger partial charge on any atom is -0.332 e. The lowest BCUT2D eigenvalue weighted by Crippen LogP contribution is -2.52. The number of amides is 1. The highest BCUT2D eigenvalue weighted by atomic mass is 19.4. The molecule has 194 valence electrons. The van der Waals surface area contributed by atoms with E-state index in [0.29, 0.717) is 18.7 Å². The normalized spacial score (nSPS) is 15.4. The lowest BCUT2D eigenvalue weighted by Gasteiger charge is -2.38. The molecule has 1 aliphatic rings. The lowest BCUT2D eigenvalue weighted by molar-refractivity contribution is -0.187. The number of alkyl halides is 3. The molecule has 3 heterocycles.